The summed E-state index contributed by atoms with van der Waals surface area (Å²) >= 11 is 0. The smallest absolute Gasteiger partial charge is 0.261 e. The van der Waals surface area contributed by atoms with Gasteiger partial charge in [-0.2, -0.15) is 0 Å². The molecular weight excluding hydrogens is 410 g/mol. The Morgan fingerprint density at radius 2 is 1.81 bits per heavy atom. The zero-order valence-corrected chi connectivity index (χ0v) is 19.0. The minimum Gasteiger partial charge on any atom is -0.381 e. The highest BCUT2D eigenvalue weighted by Crippen LogP contribution is 2.48. The summed E-state index contributed by atoms with van der Waals surface area (Å²) in [6.45, 7) is 6.85. The highest BCUT2D eigenvalue weighted by Gasteiger charge is 2.44. The molecule has 3 N–H and O–H groups in total. The summed E-state index contributed by atoms with van der Waals surface area (Å²) in [6, 6.07) is 11.4. The monoisotopic (exact) mass is 441 g/mol. The molecule has 0 unspecified atom stereocenters. The first-order chi connectivity index (χ1) is 14.9. The maximum Gasteiger partial charge on any atom is 0.261 e. The van der Waals surface area contributed by atoms with E-state index in [2.05, 4.69) is 15.4 Å². The van der Waals surface area contributed by atoms with E-state index < -0.39 is 10.0 Å². The fourth-order valence-electron chi connectivity index (χ4n) is 5.35. The molecule has 0 saturated carbocycles. The second-order valence-corrected chi connectivity index (χ2v) is 10.8. The fraction of sp³-hybridized carbons (Fsp3) is 0.500. The van der Waals surface area contributed by atoms with Crippen LogP contribution in [0.25, 0.3) is 0 Å². The lowest BCUT2D eigenvalue weighted by atomic mass is 9.75. The Hall–Kier alpha value is -2.09. The number of nitrogens with one attached hydrogen (secondary N) is 3. The summed E-state index contributed by atoms with van der Waals surface area (Å²) in [6.07, 6.45) is 3.32. The van der Waals surface area contributed by atoms with Crippen LogP contribution < -0.4 is 15.4 Å². The van der Waals surface area contributed by atoms with Crippen molar-refractivity contribution in [3.8, 4) is 0 Å². The van der Waals surface area contributed by atoms with Crippen LogP contribution in [0.15, 0.2) is 41.3 Å². The third kappa shape index (κ3) is 3.95. The lowest BCUT2D eigenvalue weighted by molar-refractivity contribution is 0.0736. The molecule has 3 atom stereocenters. The van der Waals surface area contributed by atoms with Crippen molar-refractivity contribution in [3.05, 3.63) is 53.1 Å². The van der Waals surface area contributed by atoms with Crippen molar-refractivity contribution in [2.75, 3.05) is 29.7 Å². The first kappa shape index (κ1) is 20.8. The Balaban J connectivity index is 1.43. The molecule has 3 aliphatic heterocycles. The molecule has 166 valence electrons. The van der Waals surface area contributed by atoms with Gasteiger partial charge in [-0.3, -0.25) is 4.72 Å². The van der Waals surface area contributed by atoms with Crippen molar-refractivity contribution < 1.29 is 13.2 Å². The van der Waals surface area contributed by atoms with Gasteiger partial charge in [0.1, 0.15) is 0 Å². The molecule has 2 aromatic rings. The van der Waals surface area contributed by atoms with Gasteiger partial charge in [-0.05, 0) is 93.6 Å². The third-order valence-electron chi connectivity index (χ3n) is 7.21. The van der Waals surface area contributed by atoms with Crippen molar-refractivity contribution in [2.45, 2.75) is 50.2 Å². The Labute approximate surface area is 184 Å². The van der Waals surface area contributed by atoms with Crippen molar-refractivity contribution in [3.63, 3.8) is 0 Å². The molecule has 0 bridgehead atoms. The summed E-state index contributed by atoms with van der Waals surface area (Å²) in [5.41, 5.74) is 4.75. The highest BCUT2D eigenvalue weighted by molar-refractivity contribution is 7.92. The summed E-state index contributed by atoms with van der Waals surface area (Å²) in [5, 5.41) is 7.21. The Kier molecular flexibility index (Phi) is 5.44. The maximum atomic E-state index is 13.1. The highest BCUT2D eigenvalue weighted by atomic mass is 32.2. The SMILES string of the molecule is Cc1ccc(NS(=O)(=O)c2ccc3c(c2)[C@H]2OCC[C@H]2[C@H](C2CCNCC2)N3)cc1C. The van der Waals surface area contributed by atoms with Crippen LogP contribution >= 0.6 is 0 Å². The van der Waals surface area contributed by atoms with Gasteiger partial charge in [0.25, 0.3) is 10.0 Å². The van der Waals surface area contributed by atoms with E-state index in [0.717, 1.165) is 48.5 Å². The van der Waals surface area contributed by atoms with Gasteiger partial charge in [-0.1, -0.05) is 6.07 Å². The van der Waals surface area contributed by atoms with E-state index in [0.29, 0.717) is 23.6 Å². The molecule has 0 aliphatic carbocycles. The number of hydrogen-bond acceptors (Lipinski definition) is 5. The second-order valence-electron chi connectivity index (χ2n) is 9.16. The second kappa shape index (κ2) is 8.11. The van der Waals surface area contributed by atoms with Gasteiger partial charge >= 0.3 is 0 Å². The summed E-state index contributed by atoms with van der Waals surface area (Å²) < 4.78 is 35.1. The zero-order valence-electron chi connectivity index (χ0n) is 18.1. The predicted molar refractivity (Wildman–Crippen MR) is 123 cm³/mol. The van der Waals surface area contributed by atoms with E-state index in [4.69, 9.17) is 4.74 Å². The summed E-state index contributed by atoms with van der Waals surface area (Å²) in [4.78, 5) is 0.279. The number of sulfonamides is 1. The minimum absolute atomic E-state index is 0.0343. The van der Waals surface area contributed by atoms with Gasteiger partial charge in [-0.25, -0.2) is 8.42 Å². The number of benzene rings is 2. The van der Waals surface area contributed by atoms with Crippen molar-refractivity contribution in [1.82, 2.24) is 5.32 Å². The van der Waals surface area contributed by atoms with Crippen LogP contribution in [-0.4, -0.2) is 34.2 Å². The van der Waals surface area contributed by atoms with Crippen LogP contribution in [0, 0.1) is 25.7 Å². The molecule has 0 amide bonds. The van der Waals surface area contributed by atoms with Crippen molar-refractivity contribution >= 4 is 21.4 Å². The molecule has 7 heteroatoms. The van der Waals surface area contributed by atoms with Gasteiger partial charge in [0.15, 0.2) is 0 Å². The molecule has 6 nitrogen and oxygen atoms in total. The lowest BCUT2D eigenvalue weighted by Gasteiger charge is -2.42. The molecule has 31 heavy (non-hydrogen) atoms. The van der Waals surface area contributed by atoms with Gasteiger partial charge in [-0.15, -0.1) is 0 Å². The van der Waals surface area contributed by atoms with Crippen LogP contribution in [-0.2, 0) is 14.8 Å². The molecule has 3 heterocycles. The standard InChI is InChI=1S/C24H31N3O3S/c1-15-3-4-18(13-16(15)2)27-31(28,29)19-5-6-22-21(14-19)24-20(9-12-30-24)23(26-22)17-7-10-25-11-8-17/h3-6,13-14,17,20,23-27H,7-12H2,1-2H3/t20-,23-,24-/m0/s1. The molecule has 5 rings (SSSR count). The predicted octanol–water partition coefficient (Wildman–Crippen LogP) is 3.98. The normalized spacial score (nSPS) is 26.1. The van der Waals surface area contributed by atoms with Gasteiger partial charge in [0.2, 0.25) is 0 Å². The van der Waals surface area contributed by atoms with Crippen molar-refractivity contribution in [1.29, 1.82) is 0 Å². The number of piperidine rings is 1. The topological polar surface area (TPSA) is 79.5 Å². The van der Waals surface area contributed by atoms with E-state index in [1.807, 2.05) is 32.0 Å². The Morgan fingerprint density at radius 3 is 2.58 bits per heavy atom. The van der Waals surface area contributed by atoms with Gasteiger partial charge in [0.05, 0.1) is 11.0 Å². The lowest BCUT2D eigenvalue weighted by Crippen LogP contribution is -2.45. The maximum absolute atomic E-state index is 13.1. The van der Waals surface area contributed by atoms with E-state index in [1.165, 1.54) is 12.8 Å². The first-order valence-corrected chi connectivity index (χ1v) is 12.7. The fourth-order valence-corrected chi connectivity index (χ4v) is 6.43. The average molecular weight is 442 g/mol. The Morgan fingerprint density at radius 1 is 1.00 bits per heavy atom. The molecule has 0 aromatic heterocycles. The van der Waals surface area contributed by atoms with Crippen molar-refractivity contribution in [2.24, 2.45) is 11.8 Å². The quantitative estimate of drug-likeness (QED) is 0.669. The first-order valence-electron chi connectivity index (χ1n) is 11.3. The number of rotatable bonds is 4. The third-order valence-corrected chi connectivity index (χ3v) is 8.59. The zero-order chi connectivity index (χ0) is 21.6. The van der Waals surface area contributed by atoms with Crippen LogP contribution in [0.5, 0.6) is 0 Å². The van der Waals surface area contributed by atoms with E-state index in [-0.39, 0.29) is 11.0 Å². The molecule has 2 aromatic carbocycles. The summed E-state index contributed by atoms with van der Waals surface area (Å²) in [7, 11) is -3.68. The van der Waals surface area contributed by atoms with Gasteiger partial charge < -0.3 is 15.4 Å². The molecule has 0 spiro atoms. The molecule has 0 radical (unpaired) electrons. The molecule has 3 aliphatic rings. The van der Waals surface area contributed by atoms with Crippen LogP contribution in [0.4, 0.5) is 11.4 Å². The number of anilines is 2. The van der Waals surface area contributed by atoms with E-state index >= 15 is 0 Å². The number of aryl methyl sites for hydroxylation is 2. The van der Waals surface area contributed by atoms with Gasteiger partial charge in [0, 0.05) is 35.5 Å². The van der Waals surface area contributed by atoms with Crippen LogP contribution in [0.3, 0.4) is 0 Å². The molecular formula is C24H31N3O3S. The minimum atomic E-state index is -3.68. The van der Waals surface area contributed by atoms with Crippen LogP contribution in [0.1, 0.15) is 42.1 Å². The van der Waals surface area contributed by atoms with E-state index in [9.17, 15) is 8.42 Å². The Bertz CT molecular complexity index is 1080. The van der Waals surface area contributed by atoms with E-state index in [1.54, 1.807) is 18.2 Å². The molecule has 2 fully saturated rings. The average Bonchev–Trinajstić information content (AvgIpc) is 3.26. The largest absolute Gasteiger partial charge is 0.381 e. The summed E-state index contributed by atoms with van der Waals surface area (Å²) in [5.74, 6) is 1.01. The number of ether oxygens (including phenoxy) is 1. The number of hydrogen-bond donors (Lipinski definition) is 3. The van der Waals surface area contributed by atoms with Crippen LogP contribution in [0.2, 0.25) is 0 Å². The molecule has 2 saturated heterocycles. The number of fused-ring (bicyclic) bond motifs is 3.